The molecule has 0 aromatic heterocycles. The molecule has 4 aliphatic rings. The molecule has 11 atom stereocenters. The number of fused-ring (bicyclic) bond motifs is 5. The lowest BCUT2D eigenvalue weighted by molar-refractivity contribution is -0.188. The summed E-state index contributed by atoms with van der Waals surface area (Å²) in [6, 6.07) is 0. The SMILES string of the molecule is C#C[C@@]1(O)CC[C@@]2(C)C(C[C@@H](O)C3C4CC[C@H]([C@H](C)CCC(=O)O)C4[C@@H](O)CC32)C1. The number of carboxylic acid groups (broad SMARTS) is 1. The molecule has 4 fully saturated rings. The summed E-state index contributed by atoms with van der Waals surface area (Å²) in [5.41, 5.74) is -1.07. The second kappa shape index (κ2) is 7.80. The number of rotatable bonds is 4. The van der Waals surface area contributed by atoms with E-state index in [0.29, 0.717) is 43.9 Å². The Hall–Kier alpha value is -1.09. The summed E-state index contributed by atoms with van der Waals surface area (Å²) in [6.45, 7) is 4.43. The standard InChI is InChI=1S/C25H38O5/c1-4-25(30)10-9-24(3)15(13-25)11-19(26)23-17-7-6-16(14(2)5-8-21(28)29)22(17)20(27)12-18(23)24/h1,14-20,22-23,26-27,30H,5-13H2,2-3H3,(H,28,29)/t14-,15?,16-,17?,18?,19-,20+,22?,23?,24+,25-/m1/s1. The van der Waals surface area contributed by atoms with E-state index in [-0.39, 0.29) is 41.4 Å². The van der Waals surface area contributed by atoms with Gasteiger partial charge in [-0.15, -0.1) is 6.42 Å². The Kier molecular flexibility index (Phi) is 5.75. The van der Waals surface area contributed by atoms with Crippen LogP contribution in [-0.4, -0.2) is 44.2 Å². The zero-order valence-electron chi connectivity index (χ0n) is 18.3. The number of aliphatic hydroxyl groups excluding tert-OH is 2. The molecule has 0 bridgehead atoms. The second-order valence-electron chi connectivity index (χ2n) is 11.3. The van der Waals surface area contributed by atoms with Gasteiger partial charge in [0.05, 0.1) is 12.2 Å². The zero-order valence-corrected chi connectivity index (χ0v) is 18.3. The molecule has 5 heteroatoms. The molecule has 4 aliphatic carbocycles. The lowest BCUT2D eigenvalue weighted by Gasteiger charge is -2.62. The fourth-order valence-electron chi connectivity index (χ4n) is 8.31. The highest BCUT2D eigenvalue weighted by Gasteiger charge is 2.62. The van der Waals surface area contributed by atoms with Gasteiger partial charge in [-0.25, -0.2) is 0 Å². The van der Waals surface area contributed by atoms with Gasteiger partial charge in [-0.1, -0.05) is 19.8 Å². The first-order valence-electron chi connectivity index (χ1n) is 11.9. The van der Waals surface area contributed by atoms with E-state index in [1.54, 1.807) is 0 Å². The maximum absolute atomic E-state index is 11.3. The van der Waals surface area contributed by atoms with E-state index in [1.165, 1.54) is 0 Å². The molecule has 0 aromatic carbocycles. The number of terminal acetylenes is 1. The third-order valence-electron chi connectivity index (χ3n) is 9.95. The molecule has 0 aliphatic heterocycles. The summed E-state index contributed by atoms with van der Waals surface area (Å²) in [6.07, 6.45) is 11.0. The van der Waals surface area contributed by atoms with Gasteiger partial charge >= 0.3 is 5.97 Å². The van der Waals surface area contributed by atoms with Crippen LogP contribution in [0.25, 0.3) is 0 Å². The van der Waals surface area contributed by atoms with Crippen LogP contribution in [0.1, 0.15) is 71.6 Å². The fourth-order valence-corrected chi connectivity index (χ4v) is 8.31. The Bertz CT molecular complexity index is 715. The molecule has 0 spiro atoms. The maximum atomic E-state index is 11.3. The van der Waals surface area contributed by atoms with Crippen LogP contribution < -0.4 is 0 Å². The summed E-state index contributed by atoms with van der Waals surface area (Å²) >= 11 is 0. The predicted octanol–water partition coefficient (Wildman–Crippen LogP) is 3.06. The van der Waals surface area contributed by atoms with Gasteiger partial charge in [-0.05, 0) is 98.2 Å². The third-order valence-corrected chi connectivity index (χ3v) is 9.95. The molecular weight excluding hydrogens is 380 g/mol. The van der Waals surface area contributed by atoms with Crippen molar-refractivity contribution in [3.8, 4) is 12.3 Å². The van der Waals surface area contributed by atoms with Crippen molar-refractivity contribution in [3.63, 3.8) is 0 Å². The molecule has 30 heavy (non-hydrogen) atoms. The molecule has 168 valence electrons. The van der Waals surface area contributed by atoms with Crippen LogP contribution >= 0.6 is 0 Å². The molecule has 5 unspecified atom stereocenters. The average Bonchev–Trinajstić information content (AvgIpc) is 3.14. The van der Waals surface area contributed by atoms with Crippen molar-refractivity contribution < 1.29 is 25.2 Å². The Balaban J connectivity index is 1.56. The Morgan fingerprint density at radius 2 is 1.87 bits per heavy atom. The summed E-state index contributed by atoms with van der Waals surface area (Å²) in [4.78, 5) is 11.0. The lowest BCUT2D eigenvalue weighted by Crippen LogP contribution is -2.60. The van der Waals surface area contributed by atoms with Crippen molar-refractivity contribution in [2.24, 2.45) is 46.8 Å². The minimum Gasteiger partial charge on any atom is -0.481 e. The van der Waals surface area contributed by atoms with Gasteiger partial charge in [-0.2, -0.15) is 0 Å². The van der Waals surface area contributed by atoms with Gasteiger partial charge in [-0.3, -0.25) is 4.79 Å². The van der Waals surface area contributed by atoms with E-state index < -0.39 is 23.8 Å². The molecule has 0 saturated heterocycles. The number of hydrogen-bond donors (Lipinski definition) is 4. The first-order chi connectivity index (χ1) is 14.1. The molecule has 5 nitrogen and oxygen atoms in total. The van der Waals surface area contributed by atoms with E-state index in [4.69, 9.17) is 11.5 Å². The van der Waals surface area contributed by atoms with Crippen LogP contribution in [0.2, 0.25) is 0 Å². The topological polar surface area (TPSA) is 98.0 Å². The molecule has 0 aromatic rings. The first kappa shape index (κ1) is 22.1. The van der Waals surface area contributed by atoms with Crippen LogP contribution in [0, 0.1) is 59.2 Å². The summed E-state index contributed by atoms with van der Waals surface area (Å²) in [5, 5.41) is 42.3. The number of carbonyl (C=O) groups is 1. The maximum Gasteiger partial charge on any atom is 0.303 e. The van der Waals surface area contributed by atoms with E-state index in [9.17, 15) is 20.1 Å². The minimum absolute atomic E-state index is 0.00800. The number of aliphatic carboxylic acids is 1. The lowest BCUT2D eigenvalue weighted by atomic mass is 9.44. The number of carboxylic acids is 1. The van der Waals surface area contributed by atoms with Gasteiger partial charge in [0.2, 0.25) is 0 Å². The van der Waals surface area contributed by atoms with Gasteiger partial charge in [0.1, 0.15) is 5.60 Å². The molecule has 4 saturated carbocycles. The van der Waals surface area contributed by atoms with Crippen LogP contribution in [0.4, 0.5) is 0 Å². The van der Waals surface area contributed by atoms with Crippen molar-refractivity contribution in [2.75, 3.05) is 0 Å². The van der Waals surface area contributed by atoms with E-state index in [0.717, 1.165) is 19.3 Å². The number of aliphatic hydroxyl groups is 3. The average molecular weight is 419 g/mol. The van der Waals surface area contributed by atoms with Crippen molar-refractivity contribution in [3.05, 3.63) is 0 Å². The predicted molar refractivity (Wildman–Crippen MR) is 113 cm³/mol. The third kappa shape index (κ3) is 3.49. The highest BCUT2D eigenvalue weighted by molar-refractivity contribution is 5.66. The molecular formula is C25H38O5. The number of hydrogen-bond acceptors (Lipinski definition) is 4. The Morgan fingerprint density at radius 1 is 1.17 bits per heavy atom. The Labute approximate surface area is 180 Å². The first-order valence-corrected chi connectivity index (χ1v) is 11.9. The van der Waals surface area contributed by atoms with Crippen molar-refractivity contribution in [1.29, 1.82) is 0 Å². The summed E-state index contributed by atoms with van der Waals surface area (Å²) in [5.74, 6) is 3.51. The molecule has 0 heterocycles. The summed E-state index contributed by atoms with van der Waals surface area (Å²) < 4.78 is 0. The van der Waals surface area contributed by atoms with Crippen LogP contribution in [-0.2, 0) is 4.79 Å². The highest BCUT2D eigenvalue weighted by Crippen LogP contribution is 2.65. The Morgan fingerprint density at radius 3 is 2.53 bits per heavy atom. The summed E-state index contributed by atoms with van der Waals surface area (Å²) in [7, 11) is 0. The van der Waals surface area contributed by atoms with Gasteiger partial charge in [0, 0.05) is 6.42 Å². The quantitative estimate of drug-likeness (QED) is 0.526. The van der Waals surface area contributed by atoms with Crippen molar-refractivity contribution in [2.45, 2.75) is 89.4 Å². The highest BCUT2D eigenvalue weighted by atomic mass is 16.4. The smallest absolute Gasteiger partial charge is 0.303 e. The molecule has 0 radical (unpaired) electrons. The molecule has 4 N–H and O–H groups in total. The van der Waals surface area contributed by atoms with Crippen LogP contribution in [0.5, 0.6) is 0 Å². The van der Waals surface area contributed by atoms with E-state index in [1.807, 2.05) is 0 Å². The van der Waals surface area contributed by atoms with Gasteiger partial charge in [0.15, 0.2) is 0 Å². The van der Waals surface area contributed by atoms with Crippen molar-refractivity contribution in [1.82, 2.24) is 0 Å². The monoisotopic (exact) mass is 418 g/mol. The normalized spacial score (nSPS) is 51.2. The van der Waals surface area contributed by atoms with E-state index >= 15 is 0 Å². The fraction of sp³-hybridized carbons (Fsp3) is 0.880. The minimum atomic E-state index is -1.06. The molecule has 0 amide bonds. The van der Waals surface area contributed by atoms with Crippen molar-refractivity contribution >= 4 is 5.97 Å². The van der Waals surface area contributed by atoms with Crippen LogP contribution in [0.3, 0.4) is 0 Å². The molecule has 4 rings (SSSR count). The van der Waals surface area contributed by atoms with Crippen LogP contribution in [0.15, 0.2) is 0 Å². The largest absolute Gasteiger partial charge is 0.481 e. The van der Waals surface area contributed by atoms with Gasteiger partial charge in [0.25, 0.3) is 0 Å². The van der Waals surface area contributed by atoms with E-state index in [2.05, 4.69) is 19.8 Å². The van der Waals surface area contributed by atoms with Gasteiger partial charge < -0.3 is 20.4 Å². The zero-order chi connectivity index (χ0) is 21.8. The second-order valence-corrected chi connectivity index (χ2v) is 11.3.